The average Bonchev–Trinajstić information content (AvgIpc) is 1.80. The molecule has 0 spiro atoms. The predicted octanol–water partition coefficient (Wildman–Crippen LogP) is 2.29. The molecule has 0 amide bonds. The van der Waals surface area contributed by atoms with Crippen LogP contribution in [0.5, 0.6) is 5.75 Å². The molecule has 0 saturated carbocycles. The second-order valence-corrected chi connectivity index (χ2v) is 3.31. The van der Waals surface area contributed by atoms with Crippen LogP contribution in [0.2, 0.25) is 0 Å². The summed E-state index contributed by atoms with van der Waals surface area (Å²) >= 11 is 6.10. The lowest BCUT2D eigenvalue weighted by molar-refractivity contribution is 0.470. The Bertz CT molecular complexity index is 224. The van der Waals surface area contributed by atoms with Gasteiger partial charge in [0.15, 0.2) is 0 Å². The van der Waals surface area contributed by atoms with E-state index >= 15 is 0 Å². The third-order valence-corrected chi connectivity index (χ3v) is 2.12. The molecule has 1 rings (SSSR count). The Morgan fingerprint density at radius 3 is 2.56 bits per heavy atom. The maximum Gasteiger partial charge on any atom is 0.130 e. The van der Waals surface area contributed by atoms with Crippen LogP contribution in [-0.4, -0.2) is 5.11 Å². The van der Waals surface area contributed by atoms with Gasteiger partial charge < -0.3 is 5.11 Å². The van der Waals surface area contributed by atoms with Crippen LogP contribution in [0.3, 0.4) is 0 Å². The highest BCUT2D eigenvalue weighted by molar-refractivity contribution is 14.1. The van der Waals surface area contributed by atoms with Crippen molar-refractivity contribution < 1.29 is 5.11 Å². The van der Waals surface area contributed by atoms with Crippen molar-refractivity contribution in [3.63, 3.8) is 0 Å². The summed E-state index contributed by atoms with van der Waals surface area (Å²) in [7, 11) is 0. The fraction of sp³-hybridized carbons (Fsp3) is 0. The van der Waals surface area contributed by atoms with E-state index in [1.54, 1.807) is 6.07 Å². The Morgan fingerprint density at radius 2 is 2.11 bits per heavy atom. The number of halogens is 1. The van der Waals surface area contributed by atoms with Crippen LogP contribution in [0, 0.1) is 3.57 Å². The highest BCUT2D eigenvalue weighted by Crippen LogP contribution is 2.21. The SMILES string of the molecule is Oc1cc(S)ccc1I. The minimum Gasteiger partial charge on any atom is -0.507 e. The normalized spacial score (nSPS) is 9.56. The molecule has 48 valence electrons. The van der Waals surface area contributed by atoms with E-state index in [4.69, 9.17) is 5.11 Å². The van der Waals surface area contributed by atoms with Gasteiger partial charge in [-0.15, -0.1) is 12.6 Å². The van der Waals surface area contributed by atoms with Gasteiger partial charge in [0.05, 0.1) is 3.57 Å². The molecule has 0 bridgehead atoms. The van der Waals surface area contributed by atoms with Gasteiger partial charge in [-0.1, -0.05) is 0 Å². The van der Waals surface area contributed by atoms with Crippen molar-refractivity contribution in [2.75, 3.05) is 0 Å². The molecular formula is C6H5IOS. The molecule has 1 N–H and O–H groups in total. The van der Waals surface area contributed by atoms with E-state index in [0.29, 0.717) is 5.75 Å². The summed E-state index contributed by atoms with van der Waals surface area (Å²) in [6.45, 7) is 0. The topological polar surface area (TPSA) is 20.2 Å². The first-order valence-corrected chi connectivity index (χ1v) is 3.90. The van der Waals surface area contributed by atoms with E-state index in [2.05, 4.69) is 35.2 Å². The van der Waals surface area contributed by atoms with Crippen molar-refractivity contribution in [3.05, 3.63) is 21.8 Å². The molecule has 9 heavy (non-hydrogen) atoms. The van der Waals surface area contributed by atoms with E-state index in [9.17, 15) is 0 Å². The van der Waals surface area contributed by atoms with Gasteiger partial charge in [-0.05, 0) is 40.8 Å². The standard InChI is InChI=1S/C6H5IOS/c7-5-2-1-4(9)3-6(5)8/h1-3,8-9H. The maximum atomic E-state index is 9.04. The number of hydrogen-bond donors (Lipinski definition) is 2. The summed E-state index contributed by atoms with van der Waals surface area (Å²) in [5, 5.41) is 9.04. The van der Waals surface area contributed by atoms with E-state index < -0.39 is 0 Å². The van der Waals surface area contributed by atoms with Crippen LogP contribution >= 0.6 is 35.2 Å². The minimum absolute atomic E-state index is 0.295. The molecule has 0 aliphatic carbocycles. The van der Waals surface area contributed by atoms with Crippen LogP contribution in [0.15, 0.2) is 23.1 Å². The van der Waals surface area contributed by atoms with Crippen molar-refractivity contribution >= 4 is 35.2 Å². The first-order valence-electron chi connectivity index (χ1n) is 2.37. The van der Waals surface area contributed by atoms with Crippen molar-refractivity contribution in [2.24, 2.45) is 0 Å². The van der Waals surface area contributed by atoms with Gasteiger partial charge in [0.2, 0.25) is 0 Å². The highest BCUT2D eigenvalue weighted by atomic mass is 127. The average molecular weight is 252 g/mol. The molecule has 0 heterocycles. The molecule has 0 fully saturated rings. The maximum absolute atomic E-state index is 9.04. The van der Waals surface area contributed by atoms with E-state index in [-0.39, 0.29) is 0 Å². The fourth-order valence-electron chi connectivity index (χ4n) is 0.501. The van der Waals surface area contributed by atoms with Crippen LogP contribution in [-0.2, 0) is 0 Å². The first-order chi connectivity index (χ1) is 4.20. The zero-order chi connectivity index (χ0) is 6.85. The van der Waals surface area contributed by atoms with Gasteiger partial charge in [0.25, 0.3) is 0 Å². The summed E-state index contributed by atoms with van der Waals surface area (Å²) in [5.41, 5.74) is 0. The molecule has 0 aliphatic heterocycles. The summed E-state index contributed by atoms with van der Waals surface area (Å²) in [4.78, 5) is 0.785. The highest BCUT2D eigenvalue weighted by Gasteiger charge is 1.94. The summed E-state index contributed by atoms with van der Waals surface area (Å²) < 4.78 is 0.852. The minimum atomic E-state index is 0.295. The second-order valence-electron chi connectivity index (χ2n) is 1.64. The molecule has 3 heteroatoms. The molecule has 0 aliphatic rings. The number of thiol groups is 1. The van der Waals surface area contributed by atoms with Crippen LogP contribution in [0.4, 0.5) is 0 Å². The number of hydrogen-bond acceptors (Lipinski definition) is 2. The van der Waals surface area contributed by atoms with E-state index in [1.165, 1.54) is 0 Å². The predicted molar refractivity (Wildman–Crippen MR) is 48.1 cm³/mol. The Labute approximate surface area is 72.6 Å². The second kappa shape index (κ2) is 2.79. The van der Waals surface area contributed by atoms with Crippen molar-refractivity contribution in [1.82, 2.24) is 0 Å². The Morgan fingerprint density at radius 1 is 1.44 bits per heavy atom. The lowest BCUT2D eigenvalue weighted by atomic mass is 10.3. The largest absolute Gasteiger partial charge is 0.507 e. The van der Waals surface area contributed by atoms with Crippen LogP contribution < -0.4 is 0 Å². The number of phenols is 1. The molecule has 0 unspecified atom stereocenters. The number of aromatic hydroxyl groups is 1. The number of benzene rings is 1. The number of rotatable bonds is 0. The van der Waals surface area contributed by atoms with Crippen LogP contribution in [0.25, 0.3) is 0 Å². The Hall–Kier alpha value is 0.1000. The molecule has 1 nitrogen and oxygen atoms in total. The van der Waals surface area contributed by atoms with Gasteiger partial charge in [-0.25, -0.2) is 0 Å². The van der Waals surface area contributed by atoms with Crippen LogP contribution in [0.1, 0.15) is 0 Å². The summed E-state index contributed by atoms with van der Waals surface area (Å²) in [6.07, 6.45) is 0. The zero-order valence-corrected chi connectivity index (χ0v) is 7.56. The Kier molecular flexibility index (Phi) is 2.23. The van der Waals surface area contributed by atoms with E-state index in [1.807, 2.05) is 12.1 Å². The molecule has 1 aromatic carbocycles. The molecule has 0 saturated heterocycles. The lowest BCUT2D eigenvalue weighted by Gasteiger charge is -1.95. The van der Waals surface area contributed by atoms with Gasteiger partial charge in [0, 0.05) is 4.90 Å². The third-order valence-electron chi connectivity index (χ3n) is 0.930. The number of phenolic OH excluding ortho intramolecular Hbond substituents is 1. The Balaban J connectivity index is 3.17. The van der Waals surface area contributed by atoms with Gasteiger partial charge in [-0.3, -0.25) is 0 Å². The summed E-state index contributed by atoms with van der Waals surface area (Å²) in [6, 6.07) is 5.27. The quantitative estimate of drug-likeness (QED) is 0.536. The van der Waals surface area contributed by atoms with E-state index in [0.717, 1.165) is 8.47 Å². The fourth-order valence-corrected chi connectivity index (χ4v) is 1.03. The molecular weight excluding hydrogens is 247 g/mol. The van der Waals surface area contributed by atoms with Crippen molar-refractivity contribution in [3.8, 4) is 5.75 Å². The molecule has 0 atom stereocenters. The first kappa shape index (κ1) is 7.21. The third kappa shape index (κ3) is 1.76. The van der Waals surface area contributed by atoms with Gasteiger partial charge >= 0.3 is 0 Å². The molecule has 0 aromatic heterocycles. The summed E-state index contributed by atoms with van der Waals surface area (Å²) in [5.74, 6) is 0.295. The van der Waals surface area contributed by atoms with Crippen molar-refractivity contribution in [2.45, 2.75) is 4.90 Å². The zero-order valence-electron chi connectivity index (χ0n) is 4.50. The van der Waals surface area contributed by atoms with Gasteiger partial charge in [-0.2, -0.15) is 0 Å². The molecule has 1 aromatic rings. The lowest BCUT2D eigenvalue weighted by Crippen LogP contribution is -1.71. The van der Waals surface area contributed by atoms with Gasteiger partial charge in [0.1, 0.15) is 5.75 Å². The molecule has 0 radical (unpaired) electrons. The smallest absolute Gasteiger partial charge is 0.130 e. The van der Waals surface area contributed by atoms with Crippen molar-refractivity contribution in [1.29, 1.82) is 0 Å². The monoisotopic (exact) mass is 252 g/mol.